The predicted molar refractivity (Wildman–Crippen MR) is 66.6 cm³/mol. The van der Waals surface area contributed by atoms with Crippen LogP contribution in [0.15, 0.2) is 11.0 Å². The molecule has 7 heteroatoms. The molecule has 2 heterocycles. The number of nitrogens with one attached hydrogen (secondary N) is 2. The lowest BCUT2D eigenvalue weighted by Crippen LogP contribution is -2.30. The van der Waals surface area contributed by atoms with Gasteiger partial charge in [-0.3, -0.25) is 9.59 Å². The Hall–Kier alpha value is -1.56. The van der Waals surface area contributed by atoms with Gasteiger partial charge in [-0.15, -0.1) is 0 Å². The van der Waals surface area contributed by atoms with E-state index in [2.05, 4.69) is 15.5 Å². The Morgan fingerprint density at radius 1 is 1.44 bits per heavy atom. The number of hydrogen-bond donors (Lipinski definition) is 2. The van der Waals surface area contributed by atoms with Crippen LogP contribution in [-0.4, -0.2) is 39.6 Å². The van der Waals surface area contributed by atoms with Crippen molar-refractivity contribution in [3.05, 3.63) is 21.6 Å². The first-order valence-corrected chi connectivity index (χ1v) is 6.32. The van der Waals surface area contributed by atoms with Gasteiger partial charge in [0.05, 0.1) is 17.9 Å². The van der Waals surface area contributed by atoms with Crippen molar-refractivity contribution in [3.8, 4) is 0 Å². The molecule has 2 aliphatic rings. The fraction of sp³-hybridized carbons (Fsp3) is 0.545. The number of carbonyl (C=O) groups excluding carboxylic acids is 1. The maximum absolute atomic E-state index is 11.8. The number of aromatic amines is 1. The topological polar surface area (TPSA) is 78.1 Å². The first-order chi connectivity index (χ1) is 8.65. The summed E-state index contributed by atoms with van der Waals surface area (Å²) in [6.07, 6.45) is 4.12. The monoisotopic (exact) mass is 268 g/mol. The van der Waals surface area contributed by atoms with E-state index in [0.717, 1.165) is 12.8 Å². The molecular weight excluding hydrogens is 256 g/mol. The SMILES string of the molecule is O=C1CC(Nc2cn[nH]c(=O)c2Cl)CN1C1CC1. The summed E-state index contributed by atoms with van der Waals surface area (Å²) in [5.74, 6) is 0.170. The highest BCUT2D eigenvalue weighted by Crippen LogP contribution is 2.31. The van der Waals surface area contributed by atoms with Crippen molar-refractivity contribution in [1.29, 1.82) is 0 Å². The summed E-state index contributed by atoms with van der Waals surface area (Å²) in [4.78, 5) is 25.0. The van der Waals surface area contributed by atoms with Crippen LogP contribution in [0.5, 0.6) is 0 Å². The molecule has 1 amide bonds. The van der Waals surface area contributed by atoms with Crippen molar-refractivity contribution in [3.63, 3.8) is 0 Å². The molecule has 1 aromatic heterocycles. The Bertz CT molecular complexity index is 540. The molecule has 1 aromatic rings. The summed E-state index contributed by atoms with van der Waals surface area (Å²) in [6.45, 7) is 0.673. The summed E-state index contributed by atoms with van der Waals surface area (Å²) in [6, 6.07) is 0.427. The number of anilines is 1. The number of hydrogen-bond acceptors (Lipinski definition) is 4. The van der Waals surface area contributed by atoms with Gasteiger partial charge < -0.3 is 10.2 Å². The molecule has 0 radical (unpaired) electrons. The Labute approximate surface area is 108 Å². The molecule has 3 rings (SSSR count). The molecule has 96 valence electrons. The van der Waals surface area contributed by atoms with E-state index in [-0.39, 0.29) is 17.0 Å². The maximum Gasteiger partial charge on any atom is 0.285 e. The largest absolute Gasteiger partial charge is 0.377 e. The van der Waals surface area contributed by atoms with E-state index < -0.39 is 5.56 Å². The Balaban J connectivity index is 1.72. The van der Waals surface area contributed by atoms with Gasteiger partial charge in [0.1, 0.15) is 5.02 Å². The normalized spacial score (nSPS) is 23.5. The first-order valence-electron chi connectivity index (χ1n) is 5.94. The van der Waals surface area contributed by atoms with Crippen LogP contribution in [0.1, 0.15) is 19.3 Å². The predicted octanol–water partition coefficient (Wildman–Crippen LogP) is 0.598. The molecule has 1 saturated heterocycles. The quantitative estimate of drug-likeness (QED) is 0.841. The molecule has 1 unspecified atom stereocenters. The van der Waals surface area contributed by atoms with Crippen molar-refractivity contribution in [2.24, 2.45) is 0 Å². The fourth-order valence-electron chi connectivity index (χ4n) is 2.27. The van der Waals surface area contributed by atoms with Gasteiger partial charge in [0.15, 0.2) is 0 Å². The lowest BCUT2D eigenvalue weighted by molar-refractivity contribution is -0.128. The minimum atomic E-state index is -0.426. The minimum absolute atomic E-state index is 0.000741. The Kier molecular flexibility index (Phi) is 2.74. The summed E-state index contributed by atoms with van der Waals surface area (Å²) in [5.41, 5.74) is 0.0564. The number of rotatable bonds is 3. The highest BCUT2D eigenvalue weighted by molar-refractivity contribution is 6.32. The zero-order chi connectivity index (χ0) is 12.7. The second kappa shape index (κ2) is 4.28. The van der Waals surface area contributed by atoms with E-state index in [0.29, 0.717) is 24.7 Å². The van der Waals surface area contributed by atoms with Gasteiger partial charge >= 0.3 is 0 Å². The fourth-order valence-corrected chi connectivity index (χ4v) is 2.42. The molecule has 18 heavy (non-hydrogen) atoms. The standard InChI is InChI=1S/C11H13ClN4O2/c12-10-8(4-13-15-11(10)18)14-6-3-9(17)16(5-6)7-1-2-7/h4,6-7H,1-3,5H2,(H2,14,15,18). The summed E-state index contributed by atoms with van der Waals surface area (Å²) in [5, 5.41) is 9.15. The Morgan fingerprint density at radius 3 is 2.94 bits per heavy atom. The van der Waals surface area contributed by atoms with Crippen molar-refractivity contribution in [2.45, 2.75) is 31.3 Å². The summed E-state index contributed by atoms with van der Waals surface area (Å²) >= 11 is 5.87. The van der Waals surface area contributed by atoms with E-state index in [9.17, 15) is 9.59 Å². The molecule has 1 saturated carbocycles. The number of H-pyrrole nitrogens is 1. The summed E-state index contributed by atoms with van der Waals surface area (Å²) < 4.78 is 0. The van der Waals surface area contributed by atoms with E-state index in [1.54, 1.807) is 0 Å². The number of likely N-dealkylation sites (tertiary alicyclic amines) is 1. The molecule has 0 bridgehead atoms. The van der Waals surface area contributed by atoms with Gasteiger partial charge in [-0.1, -0.05) is 11.6 Å². The Morgan fingerprint density at radius 2 is 2.22 bits per heavy atom. The molecule has 1 atom stereocenters. The lowest BCUT2D eigenvalue weighted by Gasteiger charge is -2.16. The summed E-state index contributed by atoms with van der Waals surface area (Å²) in [7, 11) is 0. The highest BCUT2D eigenvalue weighted by atomic mass is 35.5. The second-order valence-electron chi connectivity index (χ2n) is 4.75. The van der Waals surface area contributed by atoms with Gasteiger partial charge in [-0.05, 0) is 12.8 Å². The van der Waals surface area contributed by atoms with E-state index in [1.807, 2.05) is 4.90 Å². The molecular formula is C11H13ClN4O2. The third kappa shape index (κ3) is 2.08. The molecule has 0 aromatic carbocycles. The van der Waals surface area contributed by atoms with E-state index in [1.165, 1.54) is 6.20 Å². The van der Waals surface area contributed by atoms with Crippen molar-refractivity contribution in [1.82, 2.24) is 15.1 Å². The van der Waals surface area contributed by atoms with Gasteiger partial charge in [-0.25, -0.2) is 5.10 Å². The average molecular weight is 269 g/mol. The molecule has 6 nitrogen and oxygen atoms in total. The third-order valence-corrected chi connectivity index (χ3v) is 3.68. The van der Waals surface area contributed by atoms with Gasteiger partial charge in [0, 0.05) is 19.0 Å². The lowest BCUT2D eigenvalue weighted by atomic mass is 10.2. The number of carbonyl (C=O) groups is 1. The number of amides is 1. The van der Waals surface area contributed by atoms with Crippen molar-refractivity contribution in [2.75, 3.05) is 11.9 Å². The zero-order valence-corrected chi connectivity index (χ0v) is 10.4. The van der Waals surface area contributed by atoms with Gasteiger partial charge in [0.2, 0.25) is 5.91 Å². The van der Waals surface area contributed by atoms with Crippen LogP contribution in [0.25, 0.3) is 0 Å². The third-order valence-electron chi connectivity index (χ3n) is 3.30. The van der Waals surface area contributed by atoms with Crippen LogP contribution in [0.3, 0.4) is 0 Å². The zero-order valence-electron chi connectivity index (χ0n) is 9.65. The van der Waals surface area contributed by atoms with E-state index in [4.69, 9.17) is 11.6 Å². The van der Waals surface area contributed by atoms with E-state index >= 15 is 0 Å². The number of halogens is 1. The number of nitrogens with zero attached hydrogens (tertiary/aromatic N) is 2. The smallest absolute Gasteiger partial charge is 0.285 e. The van der Waals surface area contributed by atoms with Crippen molar-refractivity contribution < 1.29 is 4.79 Å². The van der Waals surface area contributed by atoms with Crippen molar-refractivity contribution >= 4 is 23.2 Å². The molecule has 2 fully saturated rings. The molecule has 1 aliphatic heterocycles. The number of aromatic nitrogens is 2. The van der Waals surface area contributed by atoms with Crippen LogP contribution in [0, 0.1) is 0 Å². The molecule has 1 aliphatic carbocycles. The van der Waals surface area contributed by atoms with Crippen LogP contribution in [-0.2, 0) is 4.79 Å². The van der Waals surface area contributed by atoms with Crippen LogP contribution in [0.4, 0.5) is 5.69 Å². The van der Waals surface area contributed by atoms with Gasteiger partial charge in [-0.2, -0.15) is 5.10 Å². The van der Waals surface area contributed by atoms with Gasteiger partial charge in [0.25, 0.3) is 5.56 Å². The van der Waals surface area contributed by atoms with Crippen LogP contribution in [0.2, 0.25) is 5.02 Å². The minimum Gasteiger partial charge on any atom is -0.377 e. The molecule has 2 N–H and O–H groups in total. The first kappa shape index (κ1) is 11.5. The van der Waals surface area contributed by atoms with Crippen LogP contribution < -0.4 is 10.9 Å². The average Bonchev–Trinajstić information content (AvgIpc) is 3.10. The van der Waals surface area contributed by atoms with Crippen LogP contribution >= 0.6 is 11.6 Å². The second-order valence-corrected chi connectivity index (χ2v) is 5.13. The highest BCUT2D eigenvalue weighted by Gasteiger charge is 2.39. The maximum atomic E-state index is 11.8. The molecule has 0 spiro atoms.